The van der Waals surface area contributed by atoms with Crippen LogP contribution in [0.15, 0.2) is 0 Å². The van der Waals surface area contributed by atoms with Gasteiger partial charge in [-0.2, -0.15) is 0 Å². The van der Waals surface area contributed by atoms with Crippen LogP contribution in [0.4, 0.5) is 0 Å². The van der Waals surface area contributed by atoms with E-state index in [-0.39, 0.29) is 0 Å². The number of hydrogen-bond acceptors (Lipinski definition) is 3. The molecule has 0 amide bonds. The molecule has 1 fully saturated rings. The maximum atomic E-state index is 3.59. The van der Waals surface area contributed by atoms with Crippen LogP contribution in [-0.4, -0.2) is 62.7 Å². The van der Waals surface area contributed by atoms with Gasteiger partial charge < -0.3 is 15.1 Å². The quantitative estimate of drug-likeness (QED) is 0.729. The molecule has 3 nitrogen and oxygen atoms in total. The predicted molar refractivity (Wildman–Crippen MR) is 75.4 cm³/mol. The van der Waals surface area contributed by atoms with E-state index in [1.807, 2.05) is 0 Å². The van der Waals surface area contributed by atoms with E-state index in [0.717, 1.165) is 18.4 Å². The first-order chi connectivity index (χ1) is 7.99. The maximum absolute atomic E-state index is 3.59. The smallest absolute Gasteiger partial charge is 0.0188 e. The average molecular weight is 241 g/mol. The molecule has 0 spiro atoms. The summed E-state index contributed by atoms with van der Waals surface area (Å²) in [5.74, 6) is 1.63. The fraction of sp³-hybridized carbons (Fsp3) is 1.00. The highest BCUT2D eigenvalue weighted by Crippen LogP contribution is 2.16. The largest absolute Gasteiger partial charge is 0.316 e. The van der Waals surface area contributed by atoms with Gasteiger partial charge in [-0.3, -0.25) is 0 Å². The van der Waals surface area contributed by atoms with Crippen molar-refractivity contribution in [3.05, 3.63) is 0 Å². The fourth-order valence-electron chi connectivity index (χ4n) is 2.36. The van der Waals surface area contributed by atoms with Crippen LogP contribution in [0.5, 0.6) is 0 Å². The second-order valence-corrected chi connectivity index (χ2v) is 6.28. The van der Waals surface area contributed by atoms with E-state index in [4.69, 9.17) is 0 Å². The Balaban J connectivity index is 2.14. The average Bonchev–Trinajstić information content (AvgIpc) is 2.65. The lowest BCUT2D eigenvalue weighted by molar-refractivity contribution is 0.215. The zero-order chi connectivity index (χ0) is 12.8. The molecule has 0 aromatic carbocycles. The molecule has 1 heterocycles. The zero-order valence-corrected chi connectivity index (χ0v) is 12.4. The Kier molecular flexibility index (Phi) is 6.45. The molecule has 102 valence electrons. The second-order valence-electron chi connectivity index (χ2n) is 6.28. The summed E-state index contributed by atoms with van der Waals surface area (Å²) in [7, 11) is 4.34. The van der Waals surface area contributed by atoms with Crippen molar-refractivity contribution in [1.29, 1.82) is 0 Å². The Hall–Kier alpha value is -0.120. The van der Waals surface area contributed by atoms with Crippen molar-refractivity contribution in [3.8, 4) is 0 Å². The van der Waals surface area contributed by atoms with Gasteiger partial charge in [-0.05, 0) is 58.9 Å². The summed E-state index contributed by atoms with van der Waals surface area (Å²) in [5.41, 5.74) is 0. The highest BCUT2D eigenvalue weighted by molar-refractivity contribution is 4.79. The van der Waals surface area contributed by atoms with Crippen LogP contribution in [0, 0.1) is 11.8 Å². The lowest BCUT2D eigenvalue weighted by atomic mass is 10.1. The minimum atomic E-state index is 0.664. The molecule has 0 aromatic heterocycles. The van der Waals surface area contributed by atoms with Crippen molar-refractivity contribution in [2.24, 2.45) is 11.8 Å². The molecule has 2 atom stereocenters. The maximum Gasteiger partial charge on any atom is 0.0188 e. The van der Waals surface area contributed by atoms with Gasteiger partial charge in [0, 0.05) is 19.1 Å². The van der Waals surface area contributed by atoms with Gasteiger partial charge in [0.25, 0.3) is 0 Å². The third kappa shape index (κ3) is 5.84. The van der Waals surface area contributed by atoms with E-state index in [1.165, 1.54) is 32.6 Å². The third-order valence-electron chi connectivity index (χ3n) is 3.76. The third-order valence-corrected chi connectivity index (χ3v) is 3.76. The van der Waals surface area contributed by atoms with Gasteiger partial charge in [-0.1, -0.05) is 13.8 Å². The summed E-state index contributed by atoms with van der Waals surface area (Å²) in [6.45, 7) is 13.0. The van der Waals surface area contributed by atoms with E-state index in [9.17, 15) is 0 Å². The number of rotatable bonds is 7. The van der Waals surface area contributed by atoms with E-state index >= 15 is 0 Å². The van der Waals surface area contributed by atoms with Crippen LogP contribution in [0.3, 0.4) is 0 Å². The molecule has 1 rings (SSSR count). The minimum Gasteiger partial charge on any atom is -0.316 e. The van der Waals surface area contributed by atoms with Crippen molar-refractivity contribution in [2.75, 3.05) is 46.8 Å². The SMILES string of the molecule is CC(C)CNCC1CCN(CC(C)N(C)C)C1. The van der Waals surface area contributed by atoms with Crippen molar-refractivity contribution >= 4 is 0 Å². The van der Waals surface area contributed by atoms with Crippen LogP contribution in [-0.2, 0) is 0 Å². The fourth-order valence-corrected chi connectivity index (χ4v) is 2.36. The first kappa shape index (κ1) is 14.9. The highest BCUT2D eigenvalue weighted by Gasteiger charge is 2.23. The summed E-state index contributed by atoms with van der Waals surface area (Å²) >= 11 is 0. The minimum absolute atomic E-state index is 0.664. The van der Waals surface area contributed by atoms with Crippen LogP contribution in [0.1, 0.15) is 27.2 Å². The zero-order valence-electron chi connectivity index (χ0n) is 12.4. The number of likely N-dealkylation sites (N-methyl/N-ethyl adjacent to an activating group) is 1. The molecule has 1 aliphatic heterocycles. The molecule has 0 bridgehead atoms. The summed E-state index contributed by atoms with van der Waals surface area (Å²) in [4.78, 5) is 4.93. The Labute approximate surface area is 108 Å². The molecule has 3 heteroatoms. The lowest BCUT2D eigenvalue weighted by Gasteiger charge is -2.25. The second kappa shape index (κ2) is 7.34. The van der Waals surface area contributed by atoms with Gasteiger partial charge in [0.05, 0.1) is 0 Å². The molecular formula is C14H31N3. The Morgan fingerprint density at radius 1 is 1.29 bits per heavy atom. The van der Waals surface area contributed by atoms with Crippen molar-refractivity contribution in [3.63, 3.8) is 0 Å². The standard InChI is InChI=1S/C14H31N3/c1-12(2)8-15-9-14-6-7-17(11-14)10-13(3)16(4)5/h12-15H,6-11H2,1-5H3. The Morgan fingerprint density at radius 2 is 2.00 bits per heavy atom. The molecule has 0 saturated carbocycles. The molecule has 1 aliphatic rings. The van der Waals surface area contributed by atoms with E-state index in [1.54, 1.807) is 0 Å². The van der Waals surface area contributed by atoms with Crippen LogP contribution >= 0.6 is 0 Å². The normalized spacial score (nSPS) is 23.8. The summed E-state index contributed by atoms with van der Waals surface area (Å²) < 4.78 is 0. The molecule has 1 saturated heterocycles. The number of nitrogens with zero attached hydrogens (tertiary/aromatic N) is 2. The van der Waals surface area contributed by atoms with E-state index < -0.39 is 0 Å². The Bertz CT molecular complexity index is 204. The summed E-state index contributed by atoms with van der Waals surface area (Å²) in [5, 5.41) is 3.59. The van der Waals surface area contributed by atoms with Gasteiger partial charge in [0.2, 0.25) is 0 Å². The first-order valence-corrected chi connectivity index (χ1v) is 7.08. The van der Waals surface area contributed by atoms with Crippen LogP contribution in [0.2, 0.25) is 0 Å². The van der Waals surface area contributed by atoms with Gasteiger partial charge in [-0.15, -0.1) is 0 Å². The highest BCUT2D eigenvalue weighted by atomic mass is 15.2. The lowest BCUT2D eigenvalue weighted by Crippen LogP contribution is -2.38. The van der Waals surface area contributed by atoms with E-state index in [0.29, 0.717) is 6.04 Å². The first-order valence-electron chi connectivity index (χ1n) is 7.08. The van der Waals surface area contributed by atoms with Gasteiger partial charge >= 0.3 is 0 Å². The van der Waals surface area contributed by atoms with Crippen molar-refractivity contribution in [2.45, 2.75) is 33.2 Å². The number of nitrogens with one attached hydrogen (secondary N) is 1. The number of hydrogen-bond donors (Lipinski definition) is 1. The topological polar surface area (TPSA) is 18.5 Å². The molecular weight excluding hydrogens is 210 g/mol. The van der Waals surface area contributed by atoms with Crippen molar-refractivity contribution < 1.29 is 0 Å². The van der Waals surface area contributed by atoms with E-state index in [2.05, 4.69) is 50.0 Å². The molecule has 0 aliphatic carbocycles. The predicted octanol–water partition coefficient (Wildman–Crippen LogP) is 1.50. The molecule has 0 aromatic rings. The van der Waals surface area contributed by atoms with Gasteiger partial charge in [-0.25, -0.2) is 0 Å². The summed E-state index contributed by atoms with van der Waals surface area (Å²) in [6.07, 6.45) is 1.37. The monoisotopic (exact) mass is 241 g/mol. The molecule has 17 heavy (non-hydrogen) atoms. The van der Waals surface area contributed by atoms with Crippen LogP contribution in [0.25, 0.3) is 0 Å². The molecule has 0 radical (unpaired) electrons. The summed E-state index contributed by atoms with van der Waals surface area (Å²) in [6, 6.07) is 0.664. The molecule has 1 N–H and O–H groups in total. The molecule has 2 unspecified atom stereocenters. The van der Waals surface area contributed by atoms with Crippen LogP contribution < -0.4 is 5.32 Å². The van der Waals surface area contributed by atoms with Crippen molar-refractivity contribution in [1.82, 2.24) is 15.1 Å². The van der Waals surface area contributed by atoms with Gasteiger partial charge in [0.1, 0.15) is 0 Å². The Morgan fingerprint density at radius 3 is 2.59 bits per heavy atom. The van der Waals surface area contributed by atoms with Gasteiger partial charge in [0.15, 0.2) is 0 Å². The number of likely N-dealkylation sites (tertiary alicyclic amines) is 1.